The Morgan fingerprint density at radius 1 is 1.35 bits per heavy atom. The predicted octanol–water partition coefficient (Wildman–Crippen LogP) is 1.62. The molecule has 0 aliphatic carbocycles. The molecule has 1 aliphatic rings. The number of imidazole rings is 1. The van der Waals surface area contributed by atoms with Crippen molar-refractivity contribution >= 4 is 41.9 Å². The van der Waals surface area contributed by atoms with E-state index in [-0.39, 0.29) is 6.61 Å². The van der Waals surface area contributed by atoms with Gasteiger partial charge in [0.05, 0.1) is 19.0 Å². The van der Waals surface area contributed by atoms with Crippen LogP contribution in [-0.4, -0.2) is 98.3 Å². The number of aliphatic hydroxyl groups is 3. The number of hydrogen-bond acceptors (Lipinski definition) is 9. The predicted molar refractivity (Wildman–Crippen MR) is 128 cm³/mol. The second-order valence-corrected chi connectivity index (χ2v) is 13.6. The van der Waals surface area contributed by atoms with Crippen LogP contribution >= 0.6 is 18.6 Å². The molecule has 3 rings (SSSR count). The zero-order chi connectivity index (χ0) is 22.8. The molecule has 0 spiro atoms. The van der Waals surface area contributed by atoms with E-state index < -0.39 is 31.4 Å². The first kappa shape index (κ1) is 24.2. The summed E-state index contributed by atoms with van der Waals surface area (Å²) in [5, 5.41) is 34.2. The van der Waals surface area contributed by atoms with E-state index in [1.54, 1.807) is 10.9 Å². The molecule has 1 fully saturated rings. The highest BCUT2D eigenvalue weighted by Crippen LogP contribution is 2.40. The van der Waals surface area contributed by atoms with Crippen LogP contribution in [0.3, 0.4) is 0 Å². The molecule has 0 radical (unpaired) electrons. The van der Waals surface area contributed by atoms with E-state index in [9.17, 15) is 10.2 Å². The van der Waals surface area contributed by atoms with Gasteiger partial charge in [-0.15, -0.1) is 13.2 Å². The third kappa shape index (κ3) is 5.69. The van der Waals surface area contributed by atoms with Gasteiger partial charge in [-0.3, -0.25) is 4.57 Å². The van der Waals surface area contributed by atoms with Crippen molar-refractivity contribution < 1.29 is 20.1 Å². The standard InChI is InChI=1S/C20H32N5O4PS/c1-12(10-26)6-8-21-17-14-18(24-20(23-17)31-5)25(11-22-14)19-16(28)15(27)13(29-19)7-9-30(2,3)4/h6,11,13,15-16,19,26-28H,2,7-10H2,1,3-5H3,(H,21,23,24)/b12-6-/t13-,15-,16-,19?/m1/s1. The molecule has 4 atom stereocenters. The highest BCUT2D eigenvalue weighted by atomic mass is 32.2. The van der Waals surface area contributed by atoms with Crippen LogP contribution in [-0.2, 0) is 4.74 Å². The van der Waals surface area contributed by atoms with Crippen molar-refractivity contribution in [2.45, 2.75) is 43.0 Å². The van der Waals surface area contributed by atoms with Gasteiger partial charge in [-0.25, -0.2) is 15.0 Å². The minimum absolute atomic E-state index is 0.000773. The van der Waals surface area contributed by atoms with Gasteiger partial charge >= 0.3 is 0 Å². The molecule has 11 heteroatoms. The second-order valence-electron chi connectivity index (χ2n) is 8.47. The molecule has 0 bridgehead atoms. The lowest BCUT2D eigenvalue weighted by Crippen LogP contribution is -2.31. The number of nitrogens with zero attached hydrogens (tertiary/aromatic N) is 4. The summed E-state index contributed by atoms with van der Waals surface area (Å²) in [4.78, 5) is 13.5. The van der Waals surface area contributed by atoms with Crippen molar-refractivity contribution in [1.29, 1.82) is 0 Å². The van der Waals surface area contributed by atoms with Crippen molar-refractivity contribution in [3.05, 3.63) is 18.0 Å². The van der Waals surface area contributed by atoms with E-state index in [2.05, 4.69) is 39.9 Å². The van der Waals surface area contributed by atoms with Crippen molar-refractivity contribution in [3.63, 3.8) is 0 Å². The van der Waals surface area contributed by atoms with Crippen LogP contribution in [0.1, 0.15) is 19.6 Å². The van der Waals surface area contributed by atoms with Gasteiger partial charge in [0.1, 0.15) is 12.2 Å². The first-order chi connectivity index (χ1) is 14.6. The van der Waals surface area contributed by atoms with Crippen LogP contribution in [0.2, 0.25) is 0 Å². The maximum Gasteiger partial charge on any atom is 0.191 e. The minimum atomic E-state index is -1.26. The normalized spacial score (nSPS) is 24.8. The lowest BCUT2D eigenvalue weighted by atomic mass is 10.1. The monoisotopic (exact) mass is 469 g/mol. The van der Waals surface area contributed by atoms with Crippen LogP contribution in [0.5, 0.6) is 0 Å². The average Bonchev–Trinajstić information content (AvgIpc) is 3.27. The molecule has 0 amide bonds. The Hall–Kier alpha value is -1.42. The fourth-order valence-electron chi connectivity index (χ4n) is 3.36. The molecule has 2 aromatic rings. The van der Waals surface area contributed by atoms with Gasteiger partial charge in [-0.2, -0.15) is 0 Å². The van der Waals surface area contributed by atoms with E-state index in [1.165, 1.54) is 11.8 Å². The van der Waals surface area contributed by atoms with Crippen LogP contribution < -0.4 is 5.32 Å². The Kier molecular flexibility index (Phi) is 7.83. The molecule has 1 saturated heterocycles. The van der Waals surface area contributed by atoms with Crippen molar-refractivity contribution in [2.24, 2.45) is 0 Å². The fourth-order valence-corrected chi connectivity index (χ4v) is 4.67. The number of fused-ring (bicyclic) bond motifs is 1. The summed E-state index contributed by atoms with van der Waals surface area (Å²) in [6.45, 7) is 5.33. The Morgan fingerprint density at radius 2 is 2.10 bits per heavy atom. The second kappa shape index (κ2) is 10.0. The van der Waals surface area contributed by atoms with Gasteiger partial charge in [0.15, 0.2) is 28.4 Å². The average molecular weight is 470 g/mol. The summed E-state index contributed by atoms with van der Waals surface area (Å²) in [6.07, 6.45) is 7.70. The quantitative estimate of drug-likeness (QED) is 0.188. The molecule has 0 aromatic carbocycles. The number of nitrogens with one attached hydrogen (secondary N) is 1. The molecular weight excluding hydrogens is 437 g/mol. The number of anilines is 1. The third-order valence-electron chi connectivity index (χ3n) is 5.18. The van der Waals surface area contributed by atoms with E-state index in [0.717, 1.165) is 11.7 Å². The number of aromatic nitrogens is 4. The van der Waals surface area contributed by atoms with E-state index in [0.29, 0.717) is 35.1 Å². The van der Waals surface area contributed by atoms with Crippen molar-refractivity contribution in [3.8, 4) is 0 Å². The molecule has 2 aromatic heterocycles. The topological polar surface area (TPSA) is 126 Å². The number of aliphatic hydroxyl groups excluding tert-OH is 3. The summed E-state index contributed by atoms with van der Waals surface area (Å²) in [7, 11) is 0. The highest BCUT2D eigenvalue weighted by Gasteiger charge is 2.44. The lowest BCUT2D eigenvalue weighted by molar-refractivity contribution is -0.0353. The number of thioether (sulfide) groups is 1. The van der Waals surface area contributed by atoms with Gasteiger partial charge in [0.25, 0.3) is 0 Å². The molecular formula is C20H32N5O4PS. The molecule has 9 nitrogen and oxygen atoms in total. The molecule has 1 unspecified atom stereocenters. The molecule has 3 heterocycles. The summed E-state index contributed by atoms with van der Waals surface area (Å²) in [5.41, 5.74) is 1.92. The first-order valence-electron chi connectivity index (χ1n) is 10.1. The van der Waals surface area contributed by atoms with Gasteiger partial charge in [-0.1, -0.05) is 23.4 Å². The molecule has 31 heavy (non-hydrogen) atoms. The summed E-state index contributed by atoms with van der Waals surface area (Å²) < 4.78 is 7.72. The largest absolute Gasteiger partial charge is 0.392 e. The van der Waals surface area contributed by atoms with Gasteiger partial charge < -0.3 is 25.4 Å². The zero-order valence-electron chi connectivity index (χ0n) is 18.4. The Bertz CT molecular complexity index is 991. The molecule has 1 aliphatic heterocycles. The van der Waals surface area contributed by atoms with Crippen molar-refractivity contribution in [1.82, 2.24) is 19.5 Å². The van der Waals surface area contributed by atoms with E-state index in [1.807, 2.05) is 19.3 Å². The number of ether oxygens (including phenoxy) is 1. The number of hydrogen-bond donors (Lipinski definition) is 4. The molecule has 172 valence electrons. The van der Waals surface area contributed by atoms with Gasteiger partial charge in [-0.05, 0) is 39.1 Å². The van der Waals surface area contributed by atoms with E-state index in [4.69, 9.17) is 9.84 Å². The molecule has 4 N–H and O–H groups in total. The Morgan fingerprint density at radius 3 is 2.74 bits per heavy atom. The maximum absolute atomic E-state index is 10.7. The lowest BCUT2D eigenvalue weighted by Gasteiger charge is -2.18. The number of rotatable bonds is 9. The Labute approximate surface area is 186 Å². The smallest absolute Gasteiger partial charge is 0.191 e. The van der Waals surface area contributed by atoms with Crippen LogP contribution in [0.15, 0.2) is 23.1 Å². The summed E-state index contributed by atoms with van der Waals surface area (Å²) in [6, 6.07) is 0. The van der Waals surface area contributed by atoms with Crippen LogP contribution in [0, 0.1) is 0 Å². The summed E-state index contributed by atoms with van der Waals surface area (Å²) in [5.74, 6) is 0.559. The minimum Gasteiger partial charge on any atom is -0.392 e. The maximum atomic E-state index is 10.7. The first-order valence-corrected chi connectivity index (χ1v) is 14.4. The Balaban J connectivity index is 1.89. The van der Waals surface area contributed by atoms with Crippen LogP contribution in [0.25, 0.3) is 11.2 Å². The van der Waals surface area contributed by atoms with Crippen LogP contribution in [0.4, 0.5) is 5.82 Å². The summed E-state index contributed by atoms with van der Waals surface area (Å²) >= 11 is 1.39. The van der Waals surface area contributed by atoms with Gasteiger partial charge in [0.2, 0.25) is 0 Å². The van der Waals surface area contributed by atoms with E-state index >= 15 is 0 Å². The van der Waals surface area contributed by atoms with Gasteiger partial charge in [0, 0.05) is 6.54 Å². The highest BCUT2D eigenvalue weighted by molar-refractivity contribution is 7.98. The third-order valence-corrected chi connectivity index (χ3v) is 7.20. The SMILES string of the molecule is C=P(C)(C)CC[C@H]1OC(n2cnc3c(NC/C=C(/C)CO)nc(SC)nc32)[C@H](O)[C@@H]1O. The van der Waals surface area contributed by atoms with Crippen molar-refractivity contribution in [2.75, 3.05) is 44.2 Å². The fraction of sp³-hybridized carbons (Fsp3) is 0.600. The zero-order valence-corrected chi connectivity index (χ0v) is 20.1. The molecule has 0 saturated carbocycles.